The highest BCUT2D eigenvalue weighted by Crippen LogP contribution is 2.28. The molecule has 1 heterocycles. The van der Waals surface area contributed by atoms with Crippen molar-refractivity contribution in [2.75, 3.05) is 11.9 Å². The molecule has 0 atom stereocenters. The van der Waals surface area contributed by atoms with E-state index in [1.807, 2.05) is 32.0 Å². The van der Waals surface area contributed by atoms with Crippen molar-refractivity contribution in [3.05, 3.63) is 81.6 Å². The van der Waals surface area contributed by atoms with E-state index in [0.717, 1.165) is 11.1 Å². The third kappa shape index (κ3) is 5.26. The van der Waals surface area contributed by atoms with Gasteiger partial charge >= 0.3 is 5.97 Å². The van der Waals surface area contributed by atoms with E-state index in [0.29, 0.717) is 22.8 Å². The summed E-state index contributed by atoms with van der Waals surface area (Å²) in [5.41, 5.74) is 3.34. The number of halogens is 1. The van der Waals surface area contributed by atoms with Crippen molar-refractivity contribution >= 4 is 35.2 Å². The summed E-state index contributed by atoms with van der Waals surface area (Å²) in [6.45, 7) is 5.79. The van der Waals surface area contributed by atoms with Crippen LogP contribution in [0, 0.1) is 25.2 Å². The van der Waals surface area contributed by atoms with Crippen molar-refractivity contribution in [2.45, 2.75) is 20.8 Å². The van der Waals surface area contributed by atoms with E-state index in [2.05, 4.69) is 5.32 Å². The number of carbonyl (C=O) groups excluding carboxylic acids is 2. The van der Waals surface area contributed by atoms with Crippen LogP contribution in [-0.2, 0) is 9.53 Å². The number of hydrogen-bond donors (Lipinski definition) is 1. The van der Waals surface area contributed by atoms with Crippen LogP contribution in [0.1, 0.15) is 34.2 Å². The van der Waals surface area contributed by atoms with Gasteiger partial charge in [0, 0.05) is 17.3 Å². The molecule has 0 aliphatic rings. The Hall–Kier alpha value is -3.82. The lowest BCUT2D eigenvalue weighted by Crippen LogP contribution is -2.14. The molecular formula is C25H21ClN2O4. The predicted molar refractivity (Wildman–Crippen MR) is 123 cm³/mol. The van der Waals surface area contributed by atoms with E-state index >= 15 is 0 Å². The van der Waals surface area contributed by atoms with E-state index in [1.54, 1.807) is 43.3 Å². The lowest BCUT2D eigenvalue weighted by Gasteiger charge is -2.08. The van der Waals surface area contributed by atoms with E-state index in [4.69, 9.17) is 20.8 Å². The Morgan fingerprint density at radius 2 is 1.94 bits per heavy atom. The summed E-state index contributed by atoms with van der Waals surface area (Å²) in [6.07, 6.45) is 1.37. The summed E-state index contributed by atoms with van der Waals surface area (Å²) in [6, 6.07) is 15.7. The Morgan fingerprint density at radius 3 is 2.62 bits per heavy atom. The van der Waals surface area contributed by atoms with Crippen molar-refractivity contribution in [2.24, 2.45) is 0 Å². The van der Waals surface area contributed by atoms with E-state index < -0.39 is 11.9 Å². The standard InChI is InChI=1S/C25H21ClN2O4/c1-4-31-25(30)20-13-17(6-8-21(20)26)23-10-7-19(32-23)12-18(14-27)24(29)28-22-9-5-15(2)11-16(22)3/h5-13H,4H2,1-3H3,(H,28,29)/b18-12+. The number of aryl methyl sites for hydroxylation is 2. The molecule has 7 heteroatoms. The van der Waals surface area contributed by atoms with Crippen LogP contribution in [0.5, 0.6) is 0 Å². The number of amides is 1. The number of ether oxygens (including phenoxy) is 1. The second-order valence-electron chi connectivity index (χ2n) is 7.06. The maximum absolute atomic E-state index is 12.6. The molecule has 6 nitrogen and oxygen atoms in total. The predicted octanol–water partition coefficient (Wildman–Crippen LogP) is 5.94. The molecule has 0 aliphatic carbocycles. The topological polar surface area (TPSA) is 92.3 Å². The number of carbonyl (C=O) groups is 2. The molecule has 1 amide bonds. The zero-order chi connectivity index (χ0) is 23.3. The molecule has 0 spiro atoms. The fourth-order valence-electron chi connectivity index (χ4n) is 3.06. The molecule has 0 bridgehead atoms. The van der Waals surface area contributed by atoms with E-state index in [1.165, 1.54) is 6.08 Å². The second-order valence-corrected chi connectivity index (χ2v) is 7.47. The lowest BCUT2D eigenvalue weighted by atomic mass is 10.1. The van der Waals surface area contributed by atoms with Crippen LogP contribution in [0.3, 0.4) is 0 Å². The van der Waals surface area contributed by atoms with Crippen molar-refractivity contribution < 1.29 is 18.7 Å². The van der Waals surface area contributed by atoms with Gasteiger partial charge < -0.3 is 14.5 Å². The van der Waals surface area contributed by atoms with Crippen LogP contribution in [0.2, 0.25) is 5.02 Å². The smallest absolute Gasteiger partial charge is 0.339 e. The van der Waals surface area contributed by atoms with Gasteiger partial charge in [0.25, 0.3) is 5.91 Å². The maximum Gasteiger partial charge on any atom is 0.339 e. The average molecular weight is 449 g/mol. The van der Waals surface area contributed by atoms with Crippen LogP contribution < -0.4 is 5.32 Å². The van der Waals surface area contributed by atoms with Crippen molar-refractivity contribution in [1.82, 2.24) is 0 Å². The summed E-state index contributed by atoms with van der Waals surface area (Å²) in [5, 5.41) is 12.5. The van der Waals surface area contributed by atoms with Crippen LogP contribution in [-0.4, -0.2) is 18.5 Å². The summed E-state index contributed by atoms with van der Waals surface area (Å²) in [4.78, 5) is 24.6. The minimum atomic E-state index is -0.534. The Labute approximate surface area is 191 Å². The Kier molecular flexibility index (Phi) is 7.14. The van der Waals surface area contributed by atoms with Crippen LogP contribution in [0.4, 0.5) is 5.69 Å². The maximum atomic E-state index is 12.6. The molecule has 162 valence electrons. The monoisotopic (exact) mass is 448 g/mol. The minimum absolute atomic E-state index is 0.103. The first-order valence-electron chi connectivity index (χ1n) is 9.89. The number of rotatable bonds is 6. The summed E-state index contributed by atoms with van der Waals surface area (Å²) in [5.74, 6) is -0.292. The molecule has 0 saturated carbocycles. The quantitative estimate of drug-likeness (QED) is 0.286. The van der Waals surface area contributed by atoms with E-state index in [-0.39, 0.29) is 22.8 Å². The van der Waals surface area contributed by atoms with Crippen molar-refractivity contribution in [3.63, 3.8) is 0 Å². The van der Waals surface area contributed by atoms with Gasteiger partial charge in [0.15, 0.2) is 0 Å². The first-order valence-corrected chi connectivity index (χ1v) is 10.3. The normalized spacial score (nSPS) is 11.0. The summed E-state index contributed by atoms with van der Waals surface area (Å²) in [7, 11) is 0. The SMILES string of the molecule is CCOC(=O)c1cc(-c2ccc(/C=C(\C#N)C(=O)Nc3ccc(C)cc3C)o2)ccc1Cl. The number of furan rings is 1. The lowest BCUT2D eigenvalue weighted by molar-refractivity contribution is -0.112. The van der Waals surface area contributed by atoms with Gasteiger partial charge in [-0.3, -0.25) is 4.79 Å². The fourth-order valence-corrected chi connectivity index (χ4v) is 3.26. The number of anilines is 1. The largest absolute Gasteiger partial charge is 0.462 e. The number of nitrogens with one attached hydrogen (secondary N) is 1. The molecule has 0 saturated heterocycles. The number of esters is 1. The van der Waals surface area contributed by atoms with Gasteiger partial charge in [-0.1, -0.05) is 29.3 Å². The first kappa shape index (κ1) is 22.9. The highest BCUT2D eigenvalue weighted by atomic mass is 35.5. The molecule has 0 unspecified atom stereocenters. The van der Waals surface area contributed by atoms with Crippen LogP contribution >= 0.6 is 11.6 Å². The highest BCUT2D eigenvalue weighted by molar-refractivity contribution is 6.33. The molecule has 2 aromatic carbocycles. The van der Waals surface area contributed by atoms with Crippen molar-refractivity contribution in [3.8, 4) is 17.4 Å². The van der Waals surface area contributed by atoms with Gasteiger partial charge in [-0.15, -0.1) is 0 Å². The molecule has 0 radical (unpaired) electrons. The minimum Gasteiger partial charge on any atom is -0.462 e. The van der Waals surface area contributed by atoms with E-state index in [9.17, 15) is 14.9 Å². The van der Waals surface area contributed by atoms with Gasteiger partial charge in [-0.2, -0.15) is 5.26 Å². The molecule has 0 fully saturated rings. The van der Waals surface area contributed by atoms with Gasteiger partial charge in [-0.05, 0) is 62.7 Å². The molecule has 3 aromatic rings. The number of hydrogen-bond acceptors (Lipinski definition) is 5. The zero-order valence-electron chi connectivity index (χ0n) is 17.9. The Morgan fingerprint density at radius 1 is 1.16 bits per heavy atom. The third-order valence-electron chi connectivity index (χ3n) is 4.65. The number of benzene rings is 2. The molecule has 32 heavy (non-hydrogen) atoms. The summed E-state index contributed by atoms with van der Waals surface area (Å²) < 4.78 is 10.8. The fraction of sp³-hybridized carbons (Fsp3) is 0.160. The second kappa shape index (κ2) is 9.99. The third-order valence-corrected chi connectivity index (χ3v) is 4.98. The summed E-state index contributed by atoms with van der Waals surface area (Å²) >= 11 is 6.11. The molecule has 1 aromatic heterocycles. The molecular weight excluding hydrogens is 428 g/mol. The van der Waals surface area contributed by atoms with Gasteiger partial charge in [0.2, 0.25) is 0 Å². The van der Waals surface area contributed by atoms with Crippen LogP contribution in [0.15, 0.2) is 58.5 Å². The zero-order valence-corrected chi connectivity index (χ0v) is 18.6. The Balaban J connectivity index is 1.84. The first-order chi connectivity index (χ1) is 15.3. The Bertz CT molecular complexity index is 1250. The molecule has 0 aliphatic heterocycles. The van der Waals surface area contributed by atoms with Gasteiger partial charge in [-0.25, -0.2) is 4.79 Å². The van der Waals surface area contributed by atoms with Gasteiger partial charge in [0.05, 0.1) is 17.2 Å². The van der Waals surface area contributed by atoms with Gasteiger partial charge in [0.1, 0.15) is 23.2 Å². The number of nitrogens with zero attached hydrogens (tertiary/aromatic N) is 1. The molecule has 1 N–H and O–H groups in total. The van der Waals surface area contributed by atoms with Crippen LogP contribution in [0.25, 0.3) is 17.4 Å². The molecule has 3 rings (SSSR count). The van der Waals surface area contributed by atoms with Crippen molar-refractivity contribution in [1.29, 1.82) is 5.26 Å². The number of nitriles is 1. The average Bonchev–Trinajstić information content (AvgIpc) is 3.23. The highest BCUT2D eigenvalue weighted by Gasteiger charge is 2.16.